The zero-order valence-electron chi connectivity index (χ0n) is 15.9. The Morgan fingerprint density at radius 2 is 1.96 bits per heavy atom. The number of carbonyl (C=O) groups is 1. The first-order valence-corrected chi connectivity index (χ1v) is 10.1. The Morgan fingerprint density at radius 3 is 2.62 bits per heavy atom. The van der Waals surface area contributed by atoms with E-state index in [0.29, 0.717) is 24.4 Å². The molecule has 1 aromatic heterocycles. The van der Waals surface area contributed by atoms with Gasteiger partial charge in [0.15, 0.2) is 0 Å². The lowest BCUT2D eigenvalue weighted by atomic mass is 9.65. The number of rotatable bonds is 4. The molecule has 2 aliphatic carbocycles. The molecule has 26 heavy (non-hydrogen) atoms. The predicted octanol–water partition coefficient (Wildman–Crippen LogP) is 4.50. The number of carbonyl (C=O) groups excluding carboxylic acids is 1. The Labute approximate surface area is 155 Å². The van der Waals surface area contributed by atoms with E-state index in [2.05, 4.69) is 26.0 Å². The van der Waals surface area contributed by atoms with Gasteiger partial charge in [-0.2, -0.15) is 0 Å². The summed E-state index contributed by atoms with van der Waals surface area (Å²) in [6.07, 6.45) is 5.57. The van der Waals surface area contributed by atoms with E-state index in [0.717, 1.165) is 29.6 Å². The van der Waals surface area contributed by atoms with Crippen molar-refractivity contribution in [3.05, 3.63) is 36.1 Å². The van der Waals surface area contributed by atoms with E-state index in [1.54, 1.807) is 0 Å². The first kappa shape index (κ1) is 17.6. The van der Waals surface area contributed by atoms with Crippen LogP contribution in [0.1, 0.15) is 57.8 Å². The summed E-state index contributed by atoms with van der Waals surface area (Å²) in [6.45, 7) is 4.84. The molecular weight excluding hydrogens is 324 g/mol. The van der Waals surface area contributed by atoms with Crippen LogP contribution in [0.2, 0.25) is 0 Å². The predicted molar refractivity (Wildman–Crippen MR) is 104 cm³/mol. The van der Waals surface area contributed by atoms with Gasteiger partial charge in [-0.1, -0.05) is 24.6 Å². The maximum Gasteiger partial charge on any atom is 0.226 e. The summed E-state index contributed by atoms with van der Waals surface area (Å²) in [7, 11) is 0. The third-order valence-corrected chi connectivity index (χ3v) is 6.71. The van der Waals surface area contributed by atoms with Crippen molar-refractivity contribution in [3.8, 4) is 0 Å². The molecular formula is C22H30N2O2. The maximum absolute atomic E-state index is 13.3. The van der Waals surface area contributed by atoms with E-state index in [-0.39, 0.29) is 17.9 Å². The number of para-hydroxylation sites is 1. The van der Waals surface area contributed by atoms with E-state index in [1.807, 2.05) is 23.1 Å². The maximum atomic E-state index is 13.3. The molecule has 2 bridgehead atoms. The van der Waals surface area contributed by atoms with Crippen molar-refractivity contribution in [1.29, 1.82) is 0 Å². The van der Waals surface area contributed by atoms with Gasteiger partial charge in [0.1, 0.15) is 11.3 Å². The molecule has 4 rings (SSSR count). The van der Waals surface area contributed by atoms with Gasteiger partial charge in [-0.3, -0.25) is 4.79 Å². The van der Waals surface area contributed by atoms with Crippen LogP contribution in [0.25, 0.3) is 11.0 Å². The Morgan fingerprint density at radius 1 is 1.27 bits per heavy atom. The van der Waals surface area contributed by atoms with E-state index in [4.69, 9.17) is 10.2 Å². The summed E-state index contributed by atoms with van der Waals surface area (Å²) < 4.78 is 6.03. The third kappa shape index (κ3) is 3.05. The summed E-state index contributed by atoms with van der Waals surface area (Å²) in [5, 5.41) is 1.09. The summed E-state index contributed by atoms with van der Waals surface area (Å²) >= 11 is 0. The number of fused-ring (bicyclic) bond motifs is 3. The van der Waals surface area contributed by atoms with Crippen LogP contribution in [0.5, 0.6) is 0 Å². The topological polar surface area (TPSA) is 59.5 Å². The Balaban J connectivity index is 1.53. The molecule has 4 nitrogen and oxygen atoms in total. The van der Waals surface area contributed by atoms with E-state index < -0.39 is 0 Å². The van der Waals surface area contributed by atoms with E-state index in [1.165, 1.54) is 19.3 Å². The highest BCUT2D eigenvalue weighted by Gasteiger charge is 2.42. The molecule has 2 saturated carbocycles. The van der Waals surface area contributed by atoms with Crippen LogP contribution in [-0.2, 0) is 4.79 Å². The number of benzene rings is 1. The minimum atomic E-state index is -0.0460. The molecule has 2 aliphatic rings. The summed E-state index contributed by atoms with van der Waals surface area (Å²) in [4.78, 5) is 15.3. The monoisotopic (exact) mass is 354 g/mol. The Kier molecular flexibility index (Phi) is 4.78. The molecule has 2 fully saturated rings. The Hall–Kier alpha value is -1.81. The molecule has 3 atom stereocenters. The third-order valence-electron chi connectivity index (χ3n) is 6.71. The standard InChI is InChI=1S/C22H30N2O2/c1-3-24(14(2)20-13-15-7-4-5-10-19(15)26-20)22(25)18-11-16-8-6-9-17(12-18)21(16)23/h4-5,7,10,13-14,16-18,21H,3,6,8-9,11-12,23H2,1-2H3. The van der Waals surface area contributed by atoms with Crippen molar-refractivity contribution in [2.24, 2.45) is 23.5 Å². The second-order valence-corrected chi connectivity index (χ2v) is 8.18. The van der Waals surface area contributed by atoms with Crippen LogP contribution in [0.3, 0.4) is 0 Å². The average molecular weight is 354 g/mol. The lowest BCUT2D eigenvalue weighted by Crippen LogP contribution is -2.50. The number of hydrogen-bond acceptors (Lipinski definition) is 3. The van der Waals surface area contributed by atoms with Gasteiger partial charge in [-0.15, -0.1) is 0 Å². The first-order chi connectivity index (χ1) is 12.6. The van der Waals surface area contributed by atoms with Crippen molar-refractivity contribution < 1.29 is 9.21 Å². The molecule has 2 aromatic rings. The molecule has 0 aliphatic heterocycles. The van der Waals surface area contributed by atoms with Crippen LogP contribution in [-0.4, -0.2) is 23.4 Å². The highest BCUT2D eigenvalue weighted by molar-refractivity contribution is 5.80. The molecule has 1 aromatic carbocycles. The minimum Gasteiger partial charge on any atom is -0.459 e. The second kappa shape index (κ2) is 7.07. The SMILES string of the molecule is CCN(C(=O)C1CC2CCCC(C1)C2N)C(C)c1cc2ccccc2o1. The fraction of sp³-hybridized carbons (Fsp3) is 0.591. The zero-order chi connectivity index (χ0) is 18.3. The van der Waals surface area contributed by atoms with Crippen molar-refractivity contribution in [3.63, 3.8) is 0 Å². The van der Waals surface area contributed by atoms with Gasteiger partial charge < -0.3 is 15.1 Å². The van der Waals surface area contributed by atoms with Crippen molar-refractivity contribution in [2.45, 2.75) is 58.0 Å². The number of nitrogens with zero attached hydrogens (tertiary/aromatic N) is 1. The fourth-order valence-electron chi connectivity index (χ4n) is 5.21. The van der Waals surface area contributed by atoms with Crippen molar-refractivity contribution in [2.75, 3.05) is 6.54 Å². The normalized spacial score (nSPS) is 29.5. The smallest absolute Gasteiger partial charge is 0.226 e. The van der Waals surface area contributed by atoms with Gasteiger partial charge in [-0.25, -0.2) is 0 Å². The summed E-state index contributed by atoms with van der Waals surface area (Å²) in [5.41, 5.74) is 7.29. The van der Waals surface area contributed by atoms with Crippen molar-refractivity contribution in [1.82, 2.24) is 4.90 Å². The van der Waals surface area contributed by atoms with Crippen LogP contribution in [0.4, 0.5) is 0 Å². The number of amides is 1. The van der Waals surface area contributed by atoms with E-state index in [9.17, 15) is 4.79 Å². The quantitative estimate of drug-likeness (QED) is 0.879. The van der Waals surface area contributed by atoms with Gasteiger partial charge in [-0.05, 0) is 63.5 Å². The first-order valence-electron chi connectivity index (χ1n) is 10.1. The highest BCUT2D eigenvalue weighted by atomic mass is 16.3. The minimum absolute atomic E-state index is 0.0460. The molecule has 2 N–H and O–H groups in total. The molecule has 1 amide bonds. The van der Waals surface area contributed by atoms with Crippen LogP contribution in [0, 0.1) is 17.8 Å². The molecule has 4 heteroatoms. The van der Waals surface area contributed by atoms with Gasteiger partial charge in [0.05, 0.1) is 6.04 Å². The molecule has 0 radical (unpaired) electrons. The van der Waals surface area contributed by atoms with Gasteiger partial charge in [0.25, 0.3) is 0 Å². The van der Waals surface area contributed by atoms with Gasteiger partial charge in [0.2, 0.25) is 5.91 Å². The lowest BCUT2D eigenvalue weighted by molar-refractivity contribution is -0.141. The van der Waals surface area contributed by atoms with Crippen LogP contribution >= 0.6 is 0 Å². The lowest BCUT2D eigenvalue weighted by Gasteiger charge is -2.45. The van der Waals surface area contributed by atoms with Crippen LogP contribution in [0.15, 0.2) is 34.7 Å². The zero-order valence-corrected chi connectivity index (χ0v) is 15.9. The fourth-order valence-corrected chi connectivity index (χ4v) is 5.21. The molecule has 0 spiro atoms. The molecule has 1 heterocycles. The number of furan rings is 1. The summed E-state index contributed by atoms with van der Waals surface area (Å²) in [6, 6.07) is 10.4. The van der Waals surface area contributed by atoms with E-state index >= 15 is 0 Å². The van der Waals surface area contributed by atoms with Crippen molar-refractivity contribution >= 4 is 16.9 Å². The number of hydrogen-bond donors (Lipinski definition) is 1. The Bertz CT molecular complexity index is 736. The molecule has 140 valence electrons. The van der Waals surface area contributed by atoms with Crippen LogP contribution < -0.4 is 5.73 Å². The molecule has 0 saturated heterocycles. The highest BCUT2D eigenvalue weighted by Crippen LogP contribution is 2.43. The molecule has 3 unspecified atom stereocenters. The summed E-state index contributed by atoms with van der Waals surface area (Å²) in [5.74, 6) is 2.32. The van der Waals surface area contributed by atoms with Gasteiger partial charge >= 0.3 is 0 Å². The largest absolute Gasteiger partial charge is 0.459 e. The number of nitrogens with two attached hydrogens (primary N) is 1. The van der Waals surface area contributed by atoms with Gasteiger partial charge in [0, 0.05) is 23.9 Å². The second-order valence-electron chi connectivity index (χ2n) is 8.18. The average Bonchev–Trinajstić information content (AvgIpc) is 3.06.